The van der Waals surface area contributed by atoms with Crippen molar-refractivity contribution in [2.45, 2.75) is 32.6 Å². The van der Waals surface area contributed by atoms with E-state index >= 15 is 0 Å². The number of pyridine rings is 7. The average Bonchev–Trinajstić information content (AvgIpc) is 1.75. The summed E-state index contributed by atoms with van der Waals surface area (Å²) in [6, 6.07) is 72.9. The Morgan fingerprint density at radius 2 is 0.667 bits per heavy atom. The number of anilines is 15. The van der Waals surface area contributed by atoms with Crippen LogP contribution in [0.2, 0.25) is 0 Å². The molecule has 0 aliphatic carbocycles. The van der Waals surface area contributed by atoms with E-state index in [-0.39, 0.29) is 5.82 Å². The molecule has 15 aromatic heterocycles. The molecule has 35 heteroatoms. The van der Waals surface area contributed by atoms with Gasteiger partial charge in [-0.3, -0.25) is 34.9 Å². The van der Waals surface area contributed by atoms with E-state index in [4.69, 9.17) is 0 Å². The van der Waals surface area contributed by atoms with Gasteiger partial charge in [0, 0.05) is 162 Å². The molecule has 20 rings (SSSR count). The molecule has 0 aliphatic rings. The molecule has 30 nitrogen and oxygen atoms in total. The Morgan fingerprint density at radius 1 is 0.310 bits per heavy atom. The highest BCUT2D eigenvalue weighted by Crippen LogP contribution is 2.32. The van der Waals surface area contributed by atoms with Gasteiger partial charge in [-0.1, -0.05) is 66.7 Å². The van der Waals surface area contributed by atoms with Crippen molar-refractivity contribution in [2.24, 2.45) is 7.05 Å². The number of halogens is 5. The first-order valence-corrected chi connectivity index (χ1v) is 43.5. The highest BCUT2D eigenvalue weighted by molar-refractivity contribution is 9.11. The lowest BCUT2D eigenvalue weighted by molar-refractivity contribution is 0.617. The first-order valence-electron chi connectivity index (χ1n) is 40.4. The molecule has 12 N–H and O–H groups in total. The van der Waals surface area contributed by atoms with Gasteiger partial charge in [-0.15, -0.1) is 0 Å². The summed E-state index contributed by atoms with van der Waals surface area (Å²) >= 11 is 13.9. The maximum Gasteiger partial charge on any atom is 0.229 e. The third-order valence-electron chi connectivity index (χ3n) is 19.3. The van der Waals surface area contributed by atoms with Crippen molar-refractivity contribution in [3.05, 3.63) is 370 Å². The molecule has 20 aromatic rings. The van der Waals surface area contributed by atoms with Gasteiger partial charge in [-0.25, -0.2) is 29.3 Å². The number of rotatable bonds is 26. The van der Waals surface area contributed by atoms with Crippen LogP contribution >= 0.6 is 63.7 Å². The van der Waals surface area contributed by atoms with Gasteiger partial charge in [-0.05, 0) is 221 Å². The molecule has 0 aliphatic heterocycles. The summed E-state index contributed by atoms with van der Waals surface area (Å²) in [6.07, 6.45) is 27.1. The number of fused-ring (bicyclic) bond motifs is 5. The van der Waals surface area contributed by atoms with Crippen LogP contribution in [0.4, 0.5) is 91.7 Å². The van der Waals surface area contributed by atoms with E-state index in [9.17, 15) is 4.39 Å². The van der Waals surface area contributed by atoms with E-state index in [1.54, 1.807) is 68.2 Å². The standard InChI is InChI=1S/C19H17BrN6.C19H15BrN6.C19H17BrN6.C19H15FN6.C18H15BrN6/c1-26-9-7-13-10-14(5-6-17(13)26)24-19-23-12-16(20)18(25-19)22-11-15-4-2-3-8-21-15;20-16-12-24-19(26-18(16)23-11-15-5-1-2-8-21-15)25-14-6-7-17-13(10-14)4-3-9-22-17;20-15-12-24-19(25-16-6-3-4-13-7-10-22-17(13)16)26-18(15)23-11-8-14-5-1-2-9-21-14;20-16-12-24-19(26-18(16)23-11-15-5-1-2-8-21-15)25-14-6-7-17-13(10-14)4-3-9-22-17;19-14-11-23-18(24-15-6-3-4-12-7-9-21-16(12)15)25-17(14)22-10-13-5-1-2-8-20-13/h2-10,12H,11H2,1H3,(H2,22,23,24,25);1-10,12H,11H2,(H2,23,24,25,26);1-7,9-10,12,22H,8,11H2,(H2,23,24,25,26);1-10,12H,11H2,(H2,23,24,25,26);1-9,11,21H,10H2,(H2,22,23,24,25). The smallest absolute Gasteiger partial charge is 0.229 e. The monoisotopic (exact) mass is 1960 g/mol. The summed E-state index contributed by atoms with van der Waals surface area (Å²) in [4.78, 5) is 80.3. The lowest BCUT2D eigenvalue weighted by atomic mass is 10.2. The van der Waals surface area contributed by atoms with E-state index in [2.05, 4.69) is 246 Å². The molecule has 5 aromatic carbocycles. The van der Waals surface area contributed by atoms with Gasteiger partial charge in [-0.2, -0.15) is 24.9 Å². The number of nitrogens with zero attached hydrogens (tertiary/aromatic N) is 18. The number of aryl methyl sites for hydroxylation is 1. The largest absolute Gasteiger partial charge is 0.369 e. The van der Waals surface area contributed by atoms with Crippen LogP contribution < -0.4 is 53.2 Å². The summed E-state index contributed by atoms with van der Waals surface area (Å²) in [5.41, 5.74) is 14.3. The third kappa shape index (κ3) is 24.4. The Hall–Kier alpha value is -15.5. The number of nitrogens with one attached hydrogen (secondary N) is 12. The number of aromatic amines is 2. The Balaban J connectivity index is 0.000000118. The average molecular weight is 1970 g/mol. The third-order valence-corrected chi connectivity index (χ3v) is 21.6. The van der Waals surface area contributed by atoms with Crippen LogP contribution in [0.3, 0.4) is 0 Å². The Morgan fingerprint density at radius 3 is 1.09 bits per heavy atom. The first kappa shape index (κ1) is 87.0. The van der Waals surface area contributed by atoms with Gasteiger partial charge in [0.2, 0.25) is 29.7 Å². The normalized spacial score (nSPS) is 10.7. The van der Waals surface area contributed by atoms with Gasteiger partial charge < -0.3 is 67.7 Å². The van der Waals surface area contributed by atoms with E-state index in [1.807, 2.05) is 220 Å². The van der Waals surface area contributed by atoms with Crippen molar-refractivity contribution in [1.82, 2.24) is 99.3 Å². The zero-order chi connectivity index (χ0) is 88.3. The van der Waals surface area contributed by atoms with Crippen LogP contribution in [-0.2, 0) is 39.6 Å². The summed E-state index contributed by atoms with van der Waals surface area (Å²) in [5.74, 6) is 4.89. The van der Waals surface area contributed by atoms with E-state index in [0.29, 0.717) is 73.4 Å². The minimum absolute atomic E-state index is 0.121. The zero-order valence-electron chi connectivity index (χ0n) is 68.7. The number of hydrogen-bond acceptors (Lipinski definition) is 27. The molecule has 0 spiro atoms. The van der Waals surface area contributed by atoms with Crippen molar-refractivity contribution in [1.29, 1.82) is 0 Å². The lowest BCUT2D eigenvalue weighted by Crippen LogP contribution is -2.09. The second-order valence-corrected chi connectivity index (χ2v) is 31.7. The highest BCUT2D eigenvalue weighted by Gasteiger charge is 2.15. The topological polar surface area (TPSA) is 376 Å². The number of hydrogen-bond donors (Lipinski definition) is 12. The maximum atomic E-state index is 14.0. The first-order chi connectivity index (χ1) is 63.3. The van der Waals surface area contributed by atoms with Crippen LogP contribution in [0, 0.1) is 5.82 Å². The maximum absolute atomic E-state index is 14.0. The van der Waals surface area contributed by atoms with Crippen molar-refractivity contribution >= 4 is 206 Å². The van der Waals surface area contributed by atoms with Gasteiger partial charge in [0.1, 0.15) is 23.3 Å². The van der Waals surface area contributed by atoms with Crippen molar-refractivity contribution in [3.8, 4) is 0 Å². The van der Waals surface area contributed by atoms with Crippen molar-refractivity contribution < 1.29 is 4.39 Å². The molecular weight excluding hydrogens is 1890 g/mol. The molecular formula is C94H79Br4FN30. The van der Waals surface area contributed by atoms with Gasteiger partial charge >= 0.3 is 0 Å². The van der Waals surface area contributed by atoms with E-state index < -0.39 is 5.82 Å². The molecule has 0 atom stereocenters. The van der Waals surface area contributed by atoms with Crippen LogP contribution in [0.25, 0.3) is 54.5 Å². The Bertz CT molecular complexity index is 6930. The van der Waals surface area contributed by atoms with E-state index in [0.717, 1.165) is 143 Å². The molecule has 0 fully saturated rings. The summed E-state index contributed by atoms with van der Waals surface area (Å²) in [6.45, 7) is 2.86. The fourth-order valence-electron chi connectivity index (χ4n) is 13.0. The Labute approximate surface area is 772 Å². The Kier molecular flexibility index (Phi) is 29.3. The summed E-state index contributed by atoms with van der Waals surface area (Å²) < 4.78 is 19.3. The molecule has 0 radical (unpaired) electrons. The van der Waals surface area contributed by atoms with Crippen molar-refractivity contribution in [2.75, 3.05) is 59.7 Å². The second-order valence-electron chi connectivity index (χ2n) is 28.3. The predicted octanol–water partition coefficient (Wildman–Crippen LogP) is 21.9. The SMILES string of the molecule is Brc1cnc(Nc2ccc3ncccc3c2)nc1NCc1ccccn1.Brc1cnc(Nc2cccc3cc[nH]c23)nc1NCCc1ccccn1.Brc1cnc(Nc2cccc3cc[nH]c23)nc1NCc1ccccn1.Cn1ccc2cc(Nc3ncc(Br)c(NCc4ccccn4)n3)ccc21.Fc1cnc(Nc2ccc3ncccc3c2)nc1NCc1ccccn1. The minimum Gasteiger partial charge on any atom is -0.369 e. The number of para-hydroxylation sites is 2. The van der Waals surface area contributed by atoms with Gasteiger partial charge in [0.25, 0.3) is 0 Å². The molecule has 640 valence electrons. The van der Waals surface area contributed by atoms with Crippen molar-refractivity contribution in [3.63, 3.8) is 0 Å². The number of H-pyrrole nitrogens is 2. The highest BCUT2D eigenvalue weighted by atomic mass is 79.9. The zero-order valence-corrected chi connectivity index (χ0v) is 75.0. The van der Waals surface area contributed by atoms with Gasteiger partial charge in [0.05, 0.1) is 106 Å². The minimum atomic E-state index is -0.519. The van der Waals surface area contributed by atoms with Gasteiger partial charge in [0.15, 0.2) is 11.6 Å². The summed E-state index contributed by atoms with van der Waals surface area (Å²) in [5, 5.41) is 37.8. The van der Waals surface area contributed by atoms with Crippen LogP contribution in [0.15, 0.2) is 335 Å². The second kappa shape index (κ2) is 43.4. The van der Waals surface area contributed by atoms with Crippen LogP contribution in [0.5, 0.6) is 0 Å². The fraction of sp³-hybridized carbons (Fsp3) is 0.0745. The lowest BCUT2D eigenvalue weighted by Gasteiger charge is -2.10. The quantitative estimate of drug-likeness (QED) is 0.0240. The molecule has 0 saturated carbocycles. The molecule has 15 heterocycles. The predicted molar refractivity (Wildman–Crippen MR) is 523 cm³/mol. The van der Waals surface area contributed by atoms with Crippen LogP contribution in [-0.4, -0.2) is 106 Å². The molecule has 0 unspecified atom stereocenters. The number of benzene rings is 5. The molecule has 0 bridgehead atoms. The molecule has 129 heavy (non-hydrogen) atoms. The number of aromatic nitrogens is 20. The van der Waals surface area contributed by atoms with E-state index in [1.165, 1.54) is 10.9 Å². The fourth-order valence-corrected chi connectivity index (χ4v) is 14.3. The molecule has 0 saturated heterocycles. The van der Waals surface area contributed by atoms with Crippen LogP contribution in [0.1, 0.15) is 28.5 Å². The summed E-state index contributed by atoms with van der Waals surface area (Å²) in [7, 11) is 2.03. The molecule has 0 amide bonds.